The van der Waals surface area contributed by atoms with E-state index in [1.165, 1.54) is 17.8 Å². The third-order valence-corrected chi connectivity index (χ3v) is 5.71. The van der Waals surface area contributed by atoms with Crippen molar-refractivity contribution in [2.24, 2.45) is 5.16 Å². The average molecular weight is 446 g/mol. The quantitative estimate of drug-likeness (QED) is 0.562. The zero-order chi connectivity index (χ0) is 19.2. The Morgan fingerprint density at radius 2 is 2.12 bits per heavy atom. The third kappa shape index (κ3) is 6.63. The van der Waals surface area contributed by atoms with Crippen LogP contribution in [0.4, 0.5) is 0 Å². The molecule has 1 fully saturated rings. The number of carbonyl (C=O) groups excluding carboxylic acids is 1. The summed E-state index contributed by atoms with van der Waals surface area (Å²) in [5.74, 6) is 0.619. The Bertz CT molecular complexity index is 607. The van der Waals surface area contributed by atoms with Crippen LogP contribution in [-0.4, -0.2) is 46.8 Å². The van der Waals surface area contributed by atoms with E-state index >= 15 is 0 Å². The topological polar surface area (TPSA) is 72.8 Å². The van der Waals surface area contributed by atoms with Crippen molar-refractivity contribution in [3.8, 4) is 0 Å². The minimum absolute atomic E-state index is 0.138. The van der Waals surface area contributed by atoms with E-state index < -0.39 is 0 Å². The van der Waals surface area contributed by atoms with Gasteiger partial charge >= 0.3 is 0 Å². The van der Waals surface area contributed by atoms with Crippen molar-refractivity contribution < 1.29 is 14.4 Å². The van der Waals surface area contributed by atoms with Crippen molar-refractivity contribution >= 4 is 39.5 Å². The molecule has 2 atom stereocenters. The monoisotopic (exact) mass is 445 g/mol. The van der Waals surface area contributed by atoms with Gasteiger partial charge < -0.3 is 14.9 Å². The van der Waals surface area contributed by atoms with Crippen LogP contribution >= 0.6 is 27.3 Å². The molecule has 0 saturated carbocycles. The maximum absolute atomic E-state index is 9.60. The fourth-order valence-corrected chi connectivity index (χ4v) is 3.90. The number of halogens is 1. The third-order valence-electron chi connectivity index (χ3n) is 4.11. The summed E-state index contributed by atoms with van der Waals surface area (Å²) in [4.78, 5) is 20.1. The zero-order valence-corrected chi connectivity index (χ0v) is 18.2. The van der Waals surface area contributed by atoms with Gasteiger partial charge in [-0.15, -0.1) is 11.3 Å². The smallest absolute Gasteiger partial charge is 0.293 e. The number of aromatic nitrogens is 1. The van der Waals surface area contributed by atoms with Crippen LogP contribution < -0.4 is 5.32 Å². The van der Waals surface area contributed by atoms with Crippen molar-refractivity contribution in [2.45, 2.75) is 69.4 Å². The zero-order valence-electron chi connectivity index (χ0n) is 15.8. The second kappa shape index (κ2) is 9.80. The highest BCUT2D eigenvalue weighted by molar-refractivity contribution is 9.09. The SMILES string of the molecule is CC(Br)C1CC(c2csc(C3CCNCC3)n2)=NO1.CC(C)(C)OC=O. The van der Waals surface area contributed by atoms with Crippen molar-refractivity contribution in [3.63, 3.8) is 0 Å². The van der Waals surface area contributed by atoms with Crippen LogP contribution in [-0.2, 0) is 14.4 Å². The van der Waals surface area contributed by atoms with Crippen molar-refractivity contribution in [1.82, 2.24) is 10.3 Å². The molecule has 1 aromatic rings. The molecule has 3 heterocycles. The number of carbonyl (C=O) groups is 1. The fourth-order valence-electron chi connectivity index (χ4n) is 2.61. The Morgan fingerprint density at radius 3 is 2.62 bits per heavy atom. The molecule has 1 N–H and O–H groups in total. The second-order valence-electron chi connectivity index (χ2n) is 7.49. The van der Waals surface area contributed by atoms with Gasteiger partial charge in [0.2, 0.25) is 0 Å². The van der Waals surface area contributed by atoms with E-state index in [2.05, 4.69) is 43.4 Å². The van der Waals surface area contributed by atoms with Crippen LogP contribution in [0.3, 0.4) is 0 Å². The average Bonchev–Trinajstić information content (AvgIpc) is 3.24. The molecule has 3 rings (SSSR count). The van der Waals surface area contributed by atoms with Crippen molar-refractivity contribution in [1.29, 1.82) is 0 Å². The van der Waals surface area contributed by atoms with Crippen LogP contribution in [0.5, 0.6) is 0 Å². The summed E-state index contributed by atoms with van der Waals surface area (Å²) >= 11 is 5.31. The number of nitrogens with one attached hydrogen (secondary N) is 1. The predicted molar refractivity (Wildman–Crippen MR) is 108 cm³/mol. The maximum atomic E-state index is 9.60. The number of thiazole rings is 1. The van der Waals surface area contributed by atoms with Gasteiger partial charge in [-0.3, -0.25) is 4.79 Å². The highest BCUT2D eigenvalue weighted by Gasteiger charge is 2.28. The van der Waals surface area contributed by atoms with Crippen LogP contribution in [0.15, 0.2) is 10.5 Å². The van der Waals surface area contributed by atoms with Gasteiger partial charge in [0.1, 0.15) is 17.4 Å². The standard InChI is InChI=1S/C13H18BrN3OS.C5H10O2/c1-8(14)12-6-10(17-18-12)11-7-19-13(16-11)9-2-4-15-5-3-9;1-5(2,3)7-4-6/h7-9,12,15H,2-6H2,1H3;4H,1-3H3. The highest BCUT2D eigenvalue weighted by atomic mass is 79.9. The molecule has 2 aliphatic heterocycles. The number of ether oxygens (including phenoxy) is 1. The summed E-state index contributed by atoms with van der Waals surface area (Å²) in [6, 6.07) is 0. The normalized spacial score (nSPS) is 21.9. The lowest BCUT2D eigenvalue weighted by Gasteiger charge is -2.20. The Labute approximate surface area is 167 Å². The molecule has 6 nitrogen and oxygen atoms in total. The van der Waals surface area contributed by atoms with E-state index in [0.29, 0.717) is 17.2 Å². The minimum Gasteiger partial charge on any atom is -0.462 e. The molecular formula is C18H28BrN3O3S. The lowest BCUT2D eigenvalue weighted by atomic mass is 9.99. The molecule has 0 aromatic carbocycles. The number of piperidine rings is 1. The van der Waals surface area contributed by atoms with Gasteiger partial charge in [-0.1, -0.05) is 21.1 Å². The molecule has 8 heteroatoms. The van der Waals surface area contributed by atoms with Crippen molar-refractivity contribution in [3.05, 3.63) is 16.1 Å². The number of alkyl halides is 1. The van der Waals surface area contributed by atoms with Gasteiger partial charge in [0.15, 0.2) is 0 Å². The molecule has 1 aromatic heterocycles. The maximum Gasteiger partial charge on any atom is 0.293 e. The summed E-state index contributed by atoms with van der Waals surface area (Å²) in [5.41, 5.74) is 1.68. The number of oxime groups is 1. The minimum atomic E-state index is -0.318. The molecule has 26 heavy (non-hydrogen) atoms. The van der Waals surface area contributed by atoms with Gasteiger partial charge in [0.05, 0.1) is 15.5 Å². The molecule has 0 aliphatic carbocycles. The first-order valence-corrected chi connectivity index (χ1v) is 10.7. The lowest BCUT2D eigenvalue weighted by Crippen LogP contribution is -2.26. The van der Waals surface area contributed by atoms with E-state index in [0.717, 1.165) is 30.9 Å². The largest absolute Gasteiger partial charge is 0.462 e. The van der Waals surface area contributed by atoms with Crippen LogP contribution in [0.2, 0.25) is 0 Å². The molecule has 0 spiro atoms. The predicted octanol–water partition coefficient (Wildman–Crippen LogP) is 3.84. The second-order valence-corrected chi connectivity index (χ2v) is 9.82. The molecule has 2 unspecified atom stereocenters. The molecule has 0 bridgehead atoms. The van der Waals surface area contributed by atoms with Crippen LogP contribution in [0.1, 0.15) is 63.6 Å². The van der Waals surface area contributed by atoms with Crippen LogP contribution in [0, 0.1) is 0 Å². The van der Waals surface area contributed by atoms with Gasteiger partial charge in [-0.05, 0) is 53.6 Å². The Kier molecular flexibility index (Phi) is 8.04. The molecule has 146 valence electrons. The first kappa shape index (κ1) is 21.3. The van der Waals surface area contributed by atoms with Gasteiger partial charge in [-0.2, -0.15) is 0 Å². The van der Waals surface area contributed by atoms with E-state index in [-0.39, 0.29) is 11.7 Å². The van der Waals surface area contributed by atoms with E-state index in [9.17, 15) is 4.79 Å². The molecule has 1 saturated heterocycles. The lowest BCUT2D eigenvalue weighted by molar-refractivity contribution is -0.138. The summed E-state index contributed by atoms with van der Waals surface area (Å²) in [6.07, 6.45) is 3.37. The molecule has 0 amide bonds. The van der Waals surface area contributed by atoms with E-state index in [1.807, 2.05) is 20.8 Å². The molecule has 0 radical (unpaired) electrons. The first-order chi connectivity index (χ1) is 12.3. The van der Waals surface area contributed by atoms with E-state index in [1.54, 1.807) is 11.3 Å². The molecule has 2 aliphatic rings. The van der Waals surface area contributed by atoms with Gasteiger partial charge in [-0.25, -0.2) is 4.98 Å². The first-order valence-electron chi connectivity index (χ1n) is 8.95. The Hall–Kier alpha value is -0.990. The van der Waals surface area contributed by atoms with E-state index in [4.69, 9.17) is 9.82 Å². The Balaban J connectivity index is 0.000000298. The number of hydrogen-bond acceptors (Lipinski definition) is 7. The Morgan fingerprint density at radius 1 is 1.42 bits per heavy atom. The van der Waals surface area contributed by atoms with Gasteiger partial charge in [0.25, 0.3) is 6.47 Å². The van der Waals surface area contributed by atoms with Crippen molar-refractivity contribution in [2.75, 3.05) is 13.1 Å². The number of rotatable bonds is 4. The fraction of sp³-hybridized carbons (Fsp3) is 0.722. The molecular weight excluding hydrogens is 418 g/mol. The summed E-state index contributed by atoms with van der Waals surface area (Å²) < 4.78 is 4.55. The van der Waals surface area contributed by atoms with Crippen LogP contribution in [0.25, 0.3) is 0 Å². The summed E-state index contributed by atoms with van der Waals surface area (Å²) in [5, 5.41) is 11.0. The number of nitrogens with zero attached hydrogens (tertiary/aromatic N) is 2. The summed E-state index contributed by atoms with van der Waals surface area (Å²) in [6.45, 7) is 10.2. The number of hydrogen-bond donors (Lipinski definition) is 1. The summed E-state index contributed by atoms with van der Waals surface area (Å²) in [7, 11) is 0. The highest BCUT2D eigenvalue weighted by Crippen LogP contribution is 2.30. The van der Waals surface area contributed by atoms with Gasteiger partial charge in [0, 0.05) is 17.7 Å².